The lowest BCUT2D eigenvalue weighted by Gasteiger charge is -2.20. The van der Waals surface area contributed by atoms with Crippen molar-refractivity contribution in [3.05, 3.63) is 21.9 Å². The minimum absolute atomic E-state index is 0.197. The fourth-order valence-corrected chi connectivity index (χ4v) is 3.81. The molecule has 0 amide bonds. The number of hydrogen-bond donors (Lipinski definition) is 0. The highest BCUT2D eigenvalue weighted by atomic mass is 35.5. The van der Waals surface area contributed by atoms with Crippen molar-refractivity contribution >= 4 is 22.9 Å². The van der Waals surface area contributed by atoms with Crippen molar-refractivity contribution in [2.24, 2.45) is 5.92 Å². The highest BCUT2D eigenvalue weighted by Gasteiger charge is 2.23. The van der Waals surface area contributed by atoms with Crippen LogP contribution in [0.25, 0.3) is 0 Å². The van der Waals surface area contributed by atoms with Crippen molar-refractivity contribution < 1.29 is 0 Å². The van der Waals surface area contributed by atoms with Crippen molar-refractivity contribution in [2.75, 3.05) is 0 Å². The Morgan fingerprint density at radius 1 is 1.22 bits per heavy atom. The fourth-order valence-electron chi connectivity index (χ4n) is 2.16. The Morgan fingerprint density at radius 2 is 1.89 bits per heavy atom. The van der Waals surface area contributed by atoms with E-state index in [0.717, 1.165) is 0 Å². The molecule has 1 rings (SSSR count). The van der Waals surface area contributed by atoms with Crippen LogP contribution in [0.5, 0.6) is 0 Å². The van der Waals surface area contributed by atoms with E-state index in [1.54, 1.807) is 0 Å². The van der Waals surface area contributed by atoms with Crippen LogP contribution in [0.4, 0.5) is 0 Å². The lowest BCUT2D eigenvalue weighted by molar-refractivity contribution is 0.440. The molecule has 0 nitrogen and oxygen atoms in total. The van der Waals surface area contributed by atoms with Crippen LogP contribution in [-0.4, -0.2) is 0 Å². The minimum atomic E-state index is 0.197. The third kappa shape index (κ3) is 4.28. The normalized spacial score (nSPS) is 15.7. The molecule has 0 fully saturated rings. The molecule has 0 saturated carbocycles. The van der Waals surface area contributed by atoms with Crippen LogP contribution in [0, 0.1) is 5.92 Å². The second-order valence-electron chi connectivity index (χ2n) is 6.16. The van der Waals surface area contributed by atoms with Crippen molar-refractivity contribution in [2.45, 2.75) is 71.1 Å². The van der Waals surface area contributed by atoms with E-state index in [2.05, 4.69) is 46.8 Å². The van der Waals surface area contributed by atoms with Gasteiger partial charge in [0.25, 0.3) is 0 Å². The maximum Gasteiger partial charge on any atom is 0.0706 e. The first-order valence-corrected chi connectivity index (χ1v) is 8.39. The van der Waals surface area contributed by atoms with Crippen LogP contribution >= 0.6 is 22.9 Å². The predicted molar refractivity (Wildman–Crippen MR) is 84.9 cm³/mol. The Bertz CT molecular complexity index is 348. The van der Waals surface area contributed by atoms with Gasteiger partial charge < -0.3 is 0 Å². The lowest BCUT2D eigenvalue weighted by Crippen LogP contribution is -2.08. The fraction of sp³-hybridized carbons (Fsp3) is 0.750. The van der Waals surface area contributed by atoms with Gasteiger partial charge in [-0.2, -0.15) is 0 Å². The van der Waals surface area contributed by atoms with E-state index in [4.69, 9.17) is 11.6 Å². The molecule has 0 N–H and O–H groups in total. The molecule has 0 bridgehead atoms. The molecule has 1 aromatic rings. The summed E-state index contributed by atoms with van der Waals surface area (Å²) < 4.78 is 0. The van der Waals surface area contributed by atoms with Crippen molar-refractivity contribution in [3.8, 4) is 0 Å². The van der Waals surface area contributed by atoms with Gasteiger partial charge in [0.15, 0.2) is 0 Å². The second-order valence-corrected chi connectivity index (χ2v) is 7.75. The molecule has 0 aromatic carbocycles. The third-order valence-corrected chi connectivity index (χ3v) is 5.82. The molecule has 18 heavy (non-hydrogen) atoms. The van der Waals surface area contributed by atoms with Crippen LogP contribution in [0.2, 0.25) is 0 Å². The summed E-state index contributed by atoms with van der Waals surface area (Å²) in [5.41, 5.74) is 0.241. The summed E-state index contributed by atoms with van der Waals surface area (Å²) in [5, 5.41) is 0.197. The van der Waals surface area contributed by atoms with Crippen LogP contribution in [0.15, 0.2) is 12.1 Å². The first-order valence-electron chi connectivity index (χ1n) is 7.14. The number of unbranched alkanes of at least 4 members (excludes halogenated alkanes) is 1. The van der Waals surface area contributed by atoms with Crippen molar-refractivity contribution in [1.29, 1.82) is 0 Å². The molecule has 0 radical (unpaired) electrons. The molecule has 1 heterocycles. The van der Waals surface area contributed by atoms with E-state index < -0.39 is 0 Å². The first kappa shape index (κ1) is 16.0. The maximum absolute atomic E-state index is 6.68. The predicted octanol–water partition coefficient (Wildman–Crippen LogP) is 6.54. The van der Waals surface area contributed by atoms with Gasteiger partial charge >= 0.3 is 0 Å². The van der Waals surface area contributed by atoms with Crippen LogP contribution < -0.4 is 0 Å². The molecule has 0 saturated heterocycles. The smallest absolute Gasteiger partial charge is 0.0706 e. The molecule has 2 unspecified atom stereocenters. The molecule has 2 heteroatoms. The summed E-state index contributed by atoms with van der Waals surface area (Å²) in [5.74, 6) is 0.623. The molecular weight excluding hydrogens is 260 g/mol. The number of hydrogen-bond acceptors (Lipinski definition) is 1. The van der Waals surface area contributed by atoms with Crippen molar-refractivity contribution in [3.63, 3.8) is 0 Å². The van der Waals surface area contributed by atoms with Crippen LogP contribution in [0.1, 0.15) is 75.4 Å². The van der Waals surface area contributed by atoms with Crippen molar-refractivity contribution in [1.82, 2.24) is 0 Å². The third-order valence-electron chi connectivity index (χ3n) is 3.50. The van der Waals surface area contributed by atoms with Crippen LogP contribution in [-0.2, 0) is 5.41 Å². The average Bonchev–Trinajstić information content (AvgIpc) is 2.78. The monoisotopic (exact) mass is 286 g/mol. The number of alkyl halides is 1. The summed E-state index contributed by atoms with van der Waals surface area (Å²) >= 11 is 8.58. The van der Waals surface area contributed by atoms with E-state index >= 15 is 0 Å². The van der Waals surface area contributed by atoms with Gasteiger partial charge in [-0.25, -0.2) is 0 Å². The van der Waals surface area contributed by atoms with Gasteiger partial charge in [0.1, 0.15) is 0 Å². The first-order chi connectivity index (χ1) is 8.40. The highest BCUT2D eigenvalue weighted by Crippen LogP contribution is 2.40. The number of rotatable bonds is 6. The molecular formula is C16H27ClS. The quantitative estimate of drug-likeness (QED) is 0.521. The van der Waals surface area contributed by atoms with Gasteiger partial charge in [0, 0.05) is 9.75 Å². The van der Waals surface area contributed by atoms with Crippen LogP contribution in [0.3, 0.4) is 0 Å². The Balaban J connectivity index is 2.76. The topological polar surface area (TPSA) is 0 Å². The summed E-state index contributed by atoms with van der Waals surface area (Å²) in [6.07, 6.45) is 4.98. The SMILES string of the molecule is CCCCC(CC)C(Cl)c1ccc(C(C)(C)C)s1. The molecule has 104 valence electrons. The molecule has 2 atom stereocenters. The zero-order valence-corrected chi connectivity index (χ0v) is 14.0. The van der Waals surface area contributed by atoms with Gasteiger partial charge in [0.05, 0.1) is 5.38 Å². The molecule has 0 aliphatic rings. The average molecular weight is 287 g/mol. The van der Waals surface area contributed by atoms with Gasteiger partial charge in [-0.1, -0.05) is 53.9 Å². The zero-order chi connectivity index (χ0) is 13.8. The van der Waals surface area contributed by atoms with E-state index in [9.17, 15) is 0 Å². The van der Waals surface area contributed by atoms with Gasteiger partial charge in [-0.15, -0.1) is 22.9 Å². The Morgan fingerprint density at radius 3 is 2.33 bits per heavy atom. The number of halogens is 1. The van der Waals surface area contributed by atoms with E-state index in [1.165, 1.54) is 35.4 Å². The number of thiophene rings is 1. The largest absolute Gasteiger partial charge is 0.143 e. The van der Waals surface area contributed by atoms with E-state index in [0.29, 0.717) is 5.92 Å². The Labute approximate surface area is 122 Å². The zero-order valence-electron chi connectivity index (χ0n) is 12.4. The molecule has 0 spiro atoms. The molecule has 0 aliphatic carbocycles. The summed E-state index contributed by atoms with van der Waals surface area (Å²) in [6, 6.07) is 4.49. The van der Waals surface area contributed by atoms with E-state index in [-0.39, 0.29) is 10.8 Å². The van der Waals surface area contributed by atoms with Gasteiger partial charge in [0.2, 0.25) is 0 Å². The van der Waals surface area contributed by atoms with Gasteiger partial charge in [-0.05, 0) is 29.9 Å². The van der Waals surface area contributed by atoms with E-state index in [1.807, 2.05) is 11.3 Å². The summed E-state index contributed by atoms with van der Waals surface area (Å²) in [7, 11) is 0. The Hall–Kier alpha value is -0.0100. The molecule has 0 aliphatic heterocycles. The molecule has 1 aromatic heterocycles. The minimum Gasteiger partial charge on any atom is -0.143 e. The second kappa shape index (κ2) is 6.96. The summed E-state index contributed by atoms with van der Waals surface area (Å²) in [4.78, 5) is 2.79. The maximum atomic E-state index is 6.68. The van der Waals surface area contributed by atoms with Gasteiger partial charge in [-0.3, -0.25) is 0 Å². The highest BCUT2D eigenvalue weighted by molar-refractivity contribution is 7.12. The summed E-state index contributed by atoms with van der Waals surface area (Å²) in [6.45, 7) is 11.3. The lowest BCUT2D eigenvalue weighted by atomic mass is 9.94. The Kier molecular flexibility index (Phi) is 6.20. The standard InChI is InChI=1S/C16H27ClS/c1-6-8-9-12(7-2)15(17)13-10-11-14(18-13)16(3,4)5/h10-12,15H,6-9H2,1-5H3.